The summed E-state index contributed by atoms with van der Waals surface area (Å²) >= 11 is 0. The lowest BCUT2D eigenvalue weighted by Gasteiger charge is -2.20. The molecule has 28 heavy (non-hydrogen) atoms. The van der Waals surface area contributed by atoms with Gasteiger partial charge in [0.15, 0.2) is 5.65 Å². The molecule has 7 heteroatoms. The molecule has 0 saturated carbocycles. The molecular weight excluding hydrogens is 376 g/mol. The van der Waals surface area contributed by atoms with Gasteiger partial charge in [-0.1, -0.05) is 43.2 Å². The molecule has 4 rings (SSSR count). The molecule has 3 aromatic rings. The third-order valence-electron chi connectivity index (χ3n) is 5.01. The van der Waals surface area contributed by atoms with Gasteiger partial charge in [0.25, 0.3) is 5.56 Å². The number of likely N-dealkylation sites (tertiary alicyclic amines) is 1. The third-order valence-corrected chi connectivity index (χ3v) is 5.01. The molecule has 0 atom stereocenters. The molecule has 0 spiro atoms. The molecule has 2 aromatic heterocycles. The molecular formula is C21H25ClN4O2. The van der Waals surface area contributed by atoms with E-state index >= 15 is 0 Å². The Morgan fingerprint density at radius 2 is 1.79 bits per heavy atom. The summed E-state index contributed by atoms with van der Waals surface area (Å²) in [5.41, 5.74) is 1.66. The highest BCUT2D eigenvalue weighted by molar-refractivity contribution is 5.85. The molecule has 0 aliphatic carbocycles. The minimum Gasteiger partial charge on any atom is -0.476 e. The van der Waals surface area contributed by atoms with Crippen LogP contribution in [0.15, 0.2) is 53.7 Å². The standard InChI is InChI=1S/C21H24N4O2.ClH/c26-21-19(17-8-4-3-5-9-17)20(23-18-16-22-10-13-25(18)21)27-15-14-24-11-6-1-2-7-12-24;/h3-5,8-10,13,16H,1-2,6-7,11-12,14-15H2;1H. The third kappa shape index (κ3) is 4.51. The van der Waals surface area contributed by atoms with Crippen molar-refractivity contribution in [3.63, 3.8) is 0 Å². The summed E-state index contributed by atoms with van der Waals surface area (Å²) in [6, 6.07) is 9.58. The molecule has 1 fully saturated rings. The predicted octanol–water partition coefficient (Wildman–Crippen LogP) is 3.43. The first-order valence-corrected chi connectivity index (χ1v) is 9.60. The number of hydrogen-bond acceptors (Lipinski definition) is 5. The van der Waals surface area contributed by atoms with Gasteiger partial charge >= 0.3 is 0 Å². The van der Waals surface area contributed by atoms with Crippen molar-refractivity contribution in [1.82, 2.24) is 19.3 Å². The summed E-state index contributed by atoms with van der Waals surface area (Å²) in [4.78, 5) is 24.1. The van der Waals surface area contributed by atoms with Crippen LogP contribution in [-0.4, -0.2) is 45.5 Å². The van der Waals surface area contributed by atoms with Crippen LogP contribution in [-0.2, 0) is 0 Å². The van der Waals surface area contributed by atoms with Crippen molar-refractivity contribution < 1.29 is 4.74 Å². The second kappa shape index (κ2) is 9.66. The first kappa shape index (κ1) is 20.3. The van der Waals surface area contributed by atoms with Crippen LogP contribution in [0, 0.1) is 0 Å². The van der Waals surface area contributed by atoms with Gasteiger partial charge in [0, 0.05) is 18.9 Å². The monoisotopic (exact) mass is 400 g/mol. The Kier molecular flexibility index (Phi) is 7.01. The average molecular weight is 401 g/mol. The molecule has 0 radical (unpaired) electrons. The molecule has 6 nitrogen and oxygen atoms in total. The molecule has 0 amide bonds. The maximum atomic E-state index is 13.1. The fourth-order valence-corrected chi connectivity index (χ4v) is 3.57. The Balaban J connectivity index is 0.00000225. The van der Waals surface area contributed by atoms with Crippen LogP contribution in [0.25, 0.3) is 16.8 Å². The van der Waals surface area contributed by atoms with E-state index in [1.807, 2.05) is 30.3 Å². The van der Waals surface area contributed by atoms with Crippen molar-refractivity contribution in [2.75, 3.05) is 26.2 Å². The molecule has 1 saturated heterocycles. The van der Waals surface area contributed by atoms with Gasteiger partial charge in [0.05, 0.1) is 6.20 Å². The minimum absolute atomic E-state index is 0. The molecule has 0 bridgehead atoms. The summed E-state index contributed by atoms with van der Waals surface area (Å²) in [7, 11) is 0. The molecule has 148 valence electrons. The van der Waals surface area contributed by atoms with E-state index in [0.29, 0.717) is 23.7 Å². The van der Waals surface area contributed by atoms with E-state index in [2.05, 4.69) is 14.9 Å². The van der Waals surface area contributed by atoms with Gasteiger partial charge in [0.2, 0.25) is 5.88 Å². The van der Waals surface area contributed by atoms with E-state index in [4.69, 9.17) is 4.74 Å². The highest BCUT2D eigenvalue weighted by Gasteiger charge is 2.17. The summed E-state index contributed by atoms with van der Waals surface area (Å²) in [6.07, 6.45) is 9.92. The van der Waals surface area contributed by atoms with Crippen molar-refractivity contribution in [3.8, 4) is 17.0 Å². The lowest BCUT2D eigenvalue weighted by atomic mass is 10.1. The topological polar surface area (TPSA) is 59.7 Å². The van der Waals surface area contributed by atoms with Crippen molar-refractivity contribution in [3.05, 3.63) is 59.3 Å². The maximum Gasteiger partial charge on any atom is 0.269 e. The second-order valence-electron chi connectivity index (χ2n) is 6.87. The average Bonchev–Trinajstić information content (AvgIpc) is 2.98. The minimum atomic E-state index is -0.140. The van der Waals surface area contributed by atoms with Crippen LogP contribution < -0.4 is 10.3 Å². The van der Waals surface area contributed by atoms with E-state index in [1.54, 1.807) is 18.6 Å². The van der Waals surface area contributed by atoms with Crippen LogP contribution in [0.1, 0.15) is 25.7 Å². The Morgan fingerprint density at radius 1 is 1.04 bits per heavy atom. The summed E-state index contributed by atoms with van der Waals surface area (Å²) in [5, 5.41) is 0. The van der Waals surface area contributed by atoms with E-state index in [1.165, 1.54) is 30.1 Å². The second-order valence-corrected chi connectivity index (χ2v) is 6.87. The number of halogens is 1. The zero-order chi connectivity index (χ0) is 18.5. The lowest BCUT2D eigenvalue weighted by Crippen LogP contribution is -2.30. The number of ether oxygens (including phenoxy) is 1. The van der Waals surface area contributed by atoms with Crippen molar-refractivity contribution in [2.45, 2.75) is 25.7 Å². The molecule has 1 aromatic carbocycles. The van der Waals surface area contributed by atoms with Crippen LogP contribution in [0.2, 0.25) is 0 Å². The number of nitrogens with zero attached hydrogens (tertiary/aromatic N) is 4. The summed E-state index contributed by atoms with van der Waals surface area (Å²) < 4.78 is 7.54. The molecule has 0 unspecified atom stereocenters. The summed E-state index contributed by atoms with van der Waals surface area (Å²) in [5.74, 6) is 0.383. The van der Waals surface area contributed by atoms with Crippen molar-refractivity contribution in [2.24, 2.45) is 0 Å². The van der Waals surface area contributed by atoms with E-state index in [9.17, 15) is 4.79 Å². The maximum absolute atomic E-state index is 13.1. The normalized spacial score (nSPS) is 15.0. The highest BCUT2D eigenvalue weighted by atomic mass is 35.5. The number of hydrogen-bond donors (Lipinski definition) is 0. The quantitative estimate of drug-likeness (QED) is 0.656. The van der Waals surface area contributed by atoms with Gasteiger partial charge in [0.1, 0.15) is 12.2 Å². The van der Waals surface area contributed by atoms with Crippen LogP contribution in [0.4, 0.5) is 0 Å². The van der Waals surface area contributed by atoms with Crippen LogP contribution in [0.3, 0.4) is 0 Å². The van der Waals surface area contributed by atoms with Gasteiger partial charge in [-0.2, -0.15) is 4.98 Å². The molecule has 1 aliphatic rings. The fraction of sp³-hybridized carbons (Fsp3) is 0.381. The van der Waals surface area contributed by atoms with Gasteiger partial charge in [-0.15, -0.1) is 12.4 Å². The SMILES string of the molecule is Cl.O=c1c(-c2ccccc2)c(OCCN2CCCCCC2)nc2cnccn12. The number of benzene rings is 1. The zero-order valence-electron chi connectivity index (χ0n) is 15.8. The highest BCUT2D eigenvalue weighted by Crippen LogP contribution is 2.25. The Labute approximate surface area is 170 Å². The smallest absolute Gasteiger partial charge is 0.269 e. The fourth-order valence-electron chi connectivity index (χ4n) is 3.57. The van der Waals surface area contributed by atoms with Gasteiger partial charge in [-0.3, -0.25) is 19.1 Å². The van der Waals surface area contributed by atoms with Crippen LogP contribution in [0.5, 0.6) is 5.88 Å². The largest absolute Gasteiger partial charge is 0.476 e. The van der Waals surface area contributed by atoms with Gasteiger partial charge < -0.3 is 4.74 Å². The Morgan fingerprint density at radius 3 is 2.54 bits per heavy atom. The Bertz CT molecular complexity index is 954. The zero-order valence-corrected chi connectivity index (χ0v) is 16.6. The van der Waals surface area contributed by atoms with E-state index in [0.717, 1.165) is 25.2 Å². The predicted molar refractivity (Wildman–Crippen MR) is 112 cm³/mol. The van der Waals surface area contributed by atoms with Crippen molar-refractivity contribution >= 4 is 18.1 Å². The summed E-state index contributed by atoms with van der Waals surface area (Å²) in [6.45, 7) is 3.60. The number of fused-ring (bicyclic) bond motifs is 1. The van der Waals surface area contributed by atoms with Gasteiger partial charge in [-0.05, 0) is 31.5 Å². The van der Waals surface area contributed by atoms with E-state index in [-0.39, 0.29) is 18.0 Å². The molecule has 1 aliphatic heterocycles. The first-order valence-electron chi connectivity index (χ1n) is 9.60. The lowest BCUT2D eigenvalue weighted by molar-refractivity contribution is 0.210. The number of aromatic nitrogens is 3. The molecule has 3 heterocycles. The van der Waals surface area contributed by atoms with Gasteiger partial charge in [-0.25, -0.2) is 0 Å². The van der Waals surface area contributed by atoms with Crippen LogP contribution >= 0.6 is 12.4 Å². The first-order chi connectivity index (χ1) is 13.3. The van der Waals surface area contributed by atoms with Crippen molar-refractivity contribution in [1.29, 1.82) is 0 Å². The molecule has 0 N–H and O–H groups in total. The number of rotatable bonds is 5. The van der Waals surface area contributed by atoms with E-state index < -0.39 is 0 Å². The Hall–Kier alpha value is -2.44.